The van der Waals surface area contributed by atoms with Gasteiger partial charge in [0, 0.05) is 12.4 Å². The van der Waals surface area contributed by atoms with Crippen molar-refractivity contribution in [1.82, 2.24) is 9.78 Å². The van der Waals surface area contributed by atoms with Crippen LogP contribution in [0.25, 0.3) is 10.9 Å². The van der Waals surface area contributed by atoms with E-state index in [-0.39, 0.29) is 0 Å². The first kappa shape index (κ1) is 7.98. The molecule has 0 radical (unpaired) electrons. The molecule has 0 spiro atoms. The van der Waals surface area contributed by atoms with Crippen LogP contribution in [-0.2, 0) is 7.05 Å². The summed E-state index contributed by atoms with van der Waals surface area (Å²) in [4.78, 5) is 10.6. The van der Waals surface area contributed by atoms with Crippen molar-refractivity contribution in [2.45, 2.75) is 6.92 Å². The van der Waals surface area contributed by atoms with Crippen LogP contribution in [0.5, 0.6) is 0 Å². The number of nitrogens with zero attached hydrogens (tertiary/aromatic N) is 2. The zero-order valence-electron chi connectivity index (χ0n) is 7.61. The molecular formula is C10H10N2O. The summed E-state index contributed by atoms with van der Waals surface area (Å²) in [7, 11) is 1.84. The van der Waals surface area contributed by atoms with E-state index < -0.39 is 0 Å². The van der Waals surface area contributed by atoms with Crippen molar-refractivity contribution >= 4 is 17.2 Å². The van der Waals surface area contributed by atoms with Crippen LogP contribution in [0, 0.1) is 6.92 Å². The van der Waals surface area contributed by atoms with Crippen molar-refractivity contribution in [3.05, 3.63) is 29.5 Å². The molecule has 0 saturated carbocycles. The fourth-order valence-corrected chi connectivity index (χ4v) is 1.48. The Hall–Kier alpha value is -1.64. The number of hydrogen-bond donors (Lipinski definition) is 0. The Morgan fingerprint density at radius 2 is 2.23 bits per heavy atom. The highest BCUT2D eigenvalue weighted by atomic mass is 16.1. The van der Waals surface area contributed by atoms with E-state index in [2.05, 4.69) is 5.10 Å². The lowest BCUT2D eigenvalue weighted by Crippen LogP contribution is -1.90. The number of carbonyl (C=O) groups excluding carboxylic acids is 1. The Bertz CT molecular complexity index is 471. The molecule has 0 fully saturated rings. The monoisotopic (exact) mass is 174 g/mol. The van der Waals surface area contributed by atoms with Crippen molar-refractivity contribution in [2.75, 3.05) is 0 Å². The Morgan fingerprint density at radius 3 is 2.92 bits per heavy atom. The molecule has 66 valence electrons. The number of aryl methyl sites for hydroxylation is 2. The lowest BCUT2D eigenvalue weighted by molar-refractivity contribution is 0.112. The molecule has 0 unspecified atom stereocenters. The van der Waals surface area contributed by atoms with Crippen LogP contribution in [-0.4, -0.2) is 16.1 Å². The molecular weight excluding hydrogens is 164 g/mol. The van der Waals surface area contributed by atoms with Crippen LogP contribution in [0.4, 0.5) is 0 Å². The maximum absolute atomic E-state index is 10.6. The van der Waals surface area contributed by atoms with Crippen LogP contribution >= 0.6 is 0 Å². The number of hydrogen-bond acceptors (Lipinski definition) is 2. The fourth-order valence-electron chi connectivity index (χ4n) is 1.48. The molecule has 0 N–H and O–H groups in total. The van der Waals surface area contributed by atoms with Gasteiger partial charge in [0.05, 0.1) is 5.52 Å². The van der Waals surface area contributed by atoms with Crippen molar-refractivity contribution < 1.29 is 4.79 Å². The van der Waals surface area contributed by atoms with Gasteiger partial charge in [0.1, 0.15) is 5.69 Å². The third-order valence-corrected chi connectivity index (χ3v) is 2.15. The van der Waals surface area contributed by atoms with Crippen molar-refractivity contribution in [3.8, 4) is 0 Å². The smallest absolute Gasteiger partial charge is 0.170 e. The molecule has 13 heavy (non-hydrogen) atoms. The molecule has 1 aromatic carbocycles. The van der Waals surface area contributed by atoms with Gasteiger partial charge in [-0.05, 0) is 18.6 Å². The lowest BCUT2D eigenvalue weighted by atomic mass is 10.1. The molecule has 0 aliphatic heterocycles. The largest absolute Gasteiger partial charge is 0.296 e. The lowest BCUT2D eigenvalue weighted by Gasteiger charge is -1.94. The zero-order chi connectivity index (χ0) is 9.42. The van der Waals surface area contributed by atoms with E-state index in [0.717, 1.165) is 17.2 Å². The molecule has 0 bridgehead atoms. The average molecular weight is 174 g/mol. The predicted octanol–water partition coefficient (Wildman–Crippen LogP) is 1.69. The Balaban J connectivity index is 2.88. The predicted molar refractivity (Wildman–Crippen MR) is 50.8 cm³/mol. The van der Waals surface area contributed by atoms with E-state index in [4.69, 9.17) is 0 Å². The summed E-state index contributed by atoms with van der Waals surface area (Å²) in [6, 6.07) is 5.94. The van der Waals surface area contributed by atoms with Crippen LogP contribution in [0.3, 0.4) is 0 Å². The van der Waals surface area contributed by atoms with Gasteiger partial charge in [0.15, 0.2) is 6.29 Å². The minimum absolute atomic E-state index is 0.512. The molecule has 3 heteroatoms. The van der Waals surface area contributed by atoms with Gasteiger partial charge in [-0.25, -0.2) is 0 Å². The first-order valence-corrected chi connectivity index (χ1v) is 4.11. The standard InChI is InChI=1S/C10H10N2O/c1-7-3-4-8-9(6-13)11-12(2)10(8)5-7/h3-6H,1-2H3. The maximum atomic E-state index is 10.6. The van der Waals surface area contributed by atoms with Crippen LogP contribution in [0.15, 0.2) is 18.2 Å². The van der Waals surface area contributed by atoms with Gasteiger partial charge >= 0.3 is 0 Å². The summed E-state index contributed by atoms with van der Waals surface area (Å²) in [5, 5.41) is 5.02. The quantitative estimate of drug-likeness (QED) is 0.617. The number of aromatic nitrogens is 2. The summed E-state index contributed by atoms with van der Waals surface area (Å²) >= 11 is 0. The van der Waals surface area contributed by atoms with Crippen molar-refractivity contribution in [1.29, 1.82) is 0 Å². The molecule has 0 aliphatic rings. The molecule has 1 heterocycles. The van der Waals surface area contributed by atoms with Gasteiger partial charge in [0.25, 0.3) is 0 Å². The first-order chi connectivity index (χ1) is 6.22. The number of fused-ring (bicyclic) bond motifs is 1. The second-order valence-corrected chi connectivity index (χ2v) is 3.15. The second-order valence-electron chi connectivity index (χ2n) is 3.15. The second kappa shape index (κ2) is 2.69. The third-order valence-electron chi connectivity index (χ3n) is 2.15. The van der Waals surface area contributed by atoms with Crippen molar-refractivity contribution in [3.63, 3.8) is 0 Å². The van der Waals surface area contributed by atoms with Crippen LogP contribution < -0.4 is 0 Å². The first-order valence-electron chi connectivity index (χ1n) is 4.11. The van der Waals surface area contributed by atoms with Gasteiger partial charge in [-0.2, -0.15) is 5.10 Å². The molecule has 2 rings (SSSR count). The van der Waals surface area contributed by atoms with E-state index in [9.17, 15) is 4.79 Å². The van der Waals surface area contributed by atoms with E-state index >= 15 is 0 Å². The molecule has 0 saturated heterocycles. The topological polar surface area (TPSA) is 34.9 Å². The highest BCUT2D eigenvalue weighted by Crippen LogP contribution is 2.17. The number of rotatable bonds is 1. The zero-order valence-corrected chi connectivity index (χ0v) is 7.61. The summed E-state index contributed by atoms with van der Waals surface area (Å²) < 4.78 is 1.73. The Labute approximate surface area is 76.0 Å². The highest BCUT2D eigenvalue weighted by molar-refractivity contribution is 5.95. The van der Waals surface area contributed by atoms with Gasteiger partial charge in [0.2, 0.25) is 0 Å². The summed E-state index contributed by atoms with van der Waals surface area (Å²) in [6.45, 7) is 2.02. The van der Waals surface area contributed by atoms with E-state index in [1.54, 1.807) is 4.68 Å². The van der Waals surface area contributed by atoms with Gasteiger partial charge in [-0.1, -0.05) is 12.1 Å². The highest BCUT2D eigenvalue weighted by Gasteiger charge is 2.06. The molecule has 0 aliphatic carbocycles. The molecule has 0 amide bonds. The Kier molecular flexibility index (Phi) is 1.65. The molecule has 3 nitrogen and oxygen atoms in total. The van der Waals surface area contributed by atoms with Gasteiger partial charge < -0.3 is 0 Å². The molecule has 1 aromatic heterocycles. The van der Waals surface area contributed by atoms with Gasteiger partial charge in [-0.15, -0.1) is 0 Å². The van der Waals surface area contributed by atoms with Crippen LogP contribution in [0.1, 0.15) is 16.1 Å². The summed E-state index contributed by atoms with van der Waals surface area (Å²) in [5.74, 6) is 0. The number of carbonyl (C=O) groups is 1. The Morgan fingerprint density at radius 1 is 1.46 bits per heavy atom. The van der Waals surface area contributed by atoms with E-state index in [0.29, 0.717) is 5.69 Å². The van der Waals surface area contributed by atoms with E-state index in [1.165, 1.54) is 5.56 Å². The minimum Gasteiger partial charge on any atom is -0.296 e. The summed E-state index contributed by atoms with van der Waals surface area (Å²) in [5.41, 5.74) is 2.69. The SMILES string of the molecule is Cc1ccc2c(C=O)nn(C)c2c1. The van der Waals surface area contributed by atoms with Gasteiger partial charge in [-0.3, -0.25) is 9.48 Å². The molecule has 0 atom stereocenters. The maximum Gasteiger partial charge on any atom is 0.170 e. The normalized spacial score (nSPS) is 10.6. The number of benzene rings is 1. The summed E-state index contributed by atoms with van der Waals surface area (Å²) in [6.07, 6.45) is 0.789. The van der Waals surface area contributed by atoms with E-state index in [1.807, 2.05) is 32.2 Å². The fraction of sp³-hybridized carbons (Fsp3) is 0.200. The van der Waals surface area contributed by atoms with Crippen molar-refractivity contribution in [2.24, 2.45) is 7.05 Å². The van der Waals surface area contributed by atoms with Crippen LogP contribution in [0.2, 0.25) is 0 Å². The third kappa shape index (κ3) is 1.13. The minimum atomic E-state index is 0.512. The number of aldehydes is 1. The average Bonchev–Trinajstić information content (AvgIpc) is 2.43. The molecule has 2 aromatic rings.